The Morgan fingerprint density at radius 3 is 1.92 bits per heavy atom. The number of hydrogen-bond acceptors (Lipinski definition) is 3. The van der Waals surface area contributed by atoms with E-state index in [0.717, 1.165) is 6.54 Å². The van der Waals surface area contributed by atoms with E-state index in [1.54, 1.807) is 0 Å². The van der Waals surface area contributed by atoms with Crippen LogP contribution in [0.25, 0.3) is 0 Å². The number of aliphatic carboxylic acids is 2. The fraction of sp³-hybridized carbons (Fsp3) is 0.250. The lowest BCUT2D eigenvalue weighted by atomic mass is 10.4. The van der Waals surface area contributed by atoms with Crippen molar-refractivity contribution in [1.29, 1.82) is 0 Å². The maximum atomic E-state index is 9.10. The number of carbonyl (C=O) groups is 2. The average molecular weight is 185 g/mol. The van der Waals surface area contributed by atoms with Gasteiger partial charge in [0.1, 0.15) is 0 Å². The number of likely N-dealkylation sites (N-methyl/N-ethyl adjacent to an activating group) is 1. The van der Waals surface area contributed by atoms with Gasteiger partial charge in [-0.1, -0.05) is 12.2 Å². The van der Waals surface area contributed by atoms with Gasteiger partial charge in [0.2, 0.25) is 0 Å². The van der Waals surface area contributed by atoms with E-state index in [9.17, 15) is 0 Å². The molecule has 0 bridgehead atoms. The maximum Gasteiger partial charge on any atom is 0.414 e. The monoisotopic (exact) mass is 185 g/mol. The van der Waals surface area contributed by atoms with Crippen molar-refractivity contribution in [3.8, 4) is 0 Å². The third kappa shape index (κ3) is 6.61. The second-order valence-corrected chi connectivity index (χ2v) is 2.32. The Labute approximate surface area is 75.6 Å². The van der Waals surface area contributed by atoms with E-state index < -0.39 is 11.9 Å². The molecule has 0 spiro atoms. The van der Waals surface area contributed by atoms with Crippen LogP contribution in [0, 0.1) is 0 Å². The normalized spacial score (nSPS) is 13.2. The van der Waals surface area contributed by atoms with Crippen LogP contribution in [0.5, 0.6) is 0 Å². The van der Waals surface area contributed by atoms with Gasteiger partial charge in [-0.25, -0.2) is 9.59 Å². The van der Waals surface area contributed by atoms with Crippen molar-refractivity contribution in [2.24, 2.45) is 0 Å². The van der Waals surface area contributed by atoms with E-state index >= 15 is 0 Å². The van der Waals surface area contributed by atoms with E-state index in [1.165, 1.54) is 0 Å². The molecule has 0 unspecified atom stereocenters. The Balaban J connectivity index is 0.000000226. The van der Waals surface area contributed by atoms with Gasteiger partial charge in [-0.15, -0.1) is 0 Å². The summed E-state index contributed by atoms with van der Waals surface area (Å²) in [6.45, 7) is 1.05. The largest absolute Gasteiger partial charge is 0.473 e. The number of carboxylic acids is 2. The van der Waals surface area contributed by atoms with Crippen molar-refractivity contribution >= 4 is 11.9 Å². The van der Waals surface area contributed by atoms with Crippen molar-refractivity contribution in [2.75, 3.05) is 13.6 Å². The standard InChI is InChI=1S/C6H9N.C2H2O4/c1-7-5-3-2-4-6-7;3-1(4)2(5)6/h2-5H,6H2,1H3;(H,3,4)(H,5,6). The fourth-order valence-electron chi connectivity index (χ4n) is 0.563. The Hall–Kier alpha value is -1.78. The summed E-state index contributed by atoms with van der Waals surface area (Å²) in [5.74, 6) is -3.65. The number of rotatable bonds is 0. The minimum atomic E-state index is -1.82. The summed E-state index contributed by atoms with van der Waals surface area (Å²) in [4.78, 5) is 20.3. The molecular formula is C8H11NO4. The average Bonchev–Trinajstić information content (AvgIpc) is 2.06. The fourth-order valence-corrected chi connectivity index (χ4v) is 0.563. The van der Waals surface area contributed by atoms with E-state index in [4.69, 9.17) is 19.8 Å². The predicted molar refractivity (Wildman–Crippen MR) is 46.2 cm³/mol. The van der Waals surface area contributed by atoms with Gasteiger partial charge in [-0.05, 0) is 12.3 Å². The number of nitrogens with zero attached hydrogens (tertiary/aromatic N) is 1. The van der Waals surface area contributed by atoms with Crippen LogP contribution in [0.15, 0.2) is 24.4 Å². The Bertz CT molecular complexity index is 233. The van der Waals surface area contributed by atoms with Gasteiger partial charge in [0, 0.05) is 13.6 Å². The zero-order chi connectivity index (χ0) is 10.3. The highest BCUT2D eigenvalue weighted by Gasteiger charge is 2.04. The minimum Gasteiger partial charge on any atom is -0.473 e. The first-order valence-electron chi connectivity index (χ1n) is 3.54. The molecule has 5 heteroatoms. The molecule has 0 saturated heterocycles. The molecule has 0 aromatic heterocycles. The molecule has 0 atom stereocenters. The van der Waals surface area contributed by atoms with E-state index in [1.807, 2.05) is 6.08 Å². The van der Waals surface area contributed by atoms with E-state index in [-0.39, 0.29) is 0 Å². The van der Waals surface area contributed by atoms with Crippen molar-refractivity contribution < 1.29 is 19.8 Å². The van der Waals surface area contributed by atoms with Crippen LogP contribution in [0.1, 0.15) is 0 Å². The summed E-state index contributed by atoms with van der Waals surface area (Å²) in [6, 6.07) is 0. The predicted octanol–water partition coefficient (Wildman–Crippen LogP) is 0.157. The van der Waals surface area contributed by atoms with Crippen LogP contribution in [0.2, 0.25) is 0 Å². The highest BCUT2D eigenvalue weighted by molar-refractivity contribution is 6.27. The lowest BCUT2D eigenvalue weighted by Crippen LogP contribution is -2.11. The third-order valence-corrected chi connectivity index (χ3v) is 1.16. The zero-order valence-electron chi connectivity index (χ0n) is 7.17. The molecule has 0 aromatic rings. The second kappa shape index (κ2) is 5.82. The second-order valence-electron chi connectivity index (χ2n) is 2.32. The zero-order valence-corrected chi connectivity index (χ0v) is 7.17. The molecule has 72 valence electrons. The number of allylic oxidation sites excluding steroid dienone is 2. The van der Waals surface area contributed by atoms with E-state index in [0.29, 0.717) is 0 Å². The van der Waals surface area contributed by atoms with Gasteiger partial charge in [-0.2, -0.15) is 0 Å². The highest BCUT2D eigenvalue weighted by atomic mass is 16.4. The summed E-state index contributed by atoms with van der Waals surface area (Å²) >= 11 is 0. The quantitative estimate of drug-likeness (QED) is 0.525. The van der Waals surface area contributed by atoms with Gasteiger partial charge in [0.15, 0.2) is 0 Å². The molecule has 0 saturated carbocycles. The molecule has 0 fully saturated rings. The Morgan fingerprint density at radius 2 is 1.77 bits per heavy atom. The summed E-state index contributed by atoms with van der Waals surface area (Å²) in [5, 5.41) is 14.8. The molecule has 5 nitrogen and oxygen atoms in total. The molecule has 1 aliphatic rings. The first-order chi connectivity index (χ1) is 6.04. The molecule has 1 heterocycles. The molecule has 1 rings (SSSR count). The van der Waals surface area contributed by atoms with Crippen LogP contribution in [0.3, 0.4) is 0 Å². The van der Waals surface area contributed by atoms with Crippen molar-refractivity contribution in [2.45, 2.75) is 0 Å². The summed E-state index contributed by atoms with van der Waals surface area (Å²) in [7, 11) is 2.06. The lowest BCUT2D eigenvalue weighted by Gasteiger charge is -2.11. The molecule has 1 aliphatic heterocycles. The molecule has 2 N–H and O–H groups in total. The molecule has 0 amide bonds. The minimum absolute atomic E-state index is 1.05. The van der Waals surface area contributed by atoms with Gasteiger partial charge in [0.25, 0.3) is 0 Å². The van der Waals surface area contributed by atoms with Gasteiger partial charge in [0.05, 0.1) is 0 Å². The third-order valence-electron chi connectivity index (χ3n) is 1.16. The molecule has 0 aromatic carbocycles. The molecule has 0 radical (unpaired) electrons. The van der Waals surface area contributed by atoms with Crippen LogP contribution >= 0.6 is 0 Å². The van der Waals surface area contributed by atoms with Gasteiger partial charge < -0.3 is 15.1 Å². The van der Waals surface area contributed by atoms with Crippen LogP contribution in [0.4, 0.5) is 0 Å². The topological polar surface area (TPSA) is 77.8 Å². The summed E-state index contributed by atoms with van der Waals surface area (Å²) < 4.78 is 0. The molecule has 0 aliphatic carbocycles. The van der Waals surface area contributed by atoms with Gasteiger partial charge in [-0.3, -0.25) is 0 Å². The Morgan fingerprint density at radius 1 is 1.23 bits per heavy atom. The summed E-state index contributed by atoms with van der Waals surface area (Å²) in [6.07, 6.45) is 8.27. The molecular weight excluding hydrogens is 174 g/mol. The van der Waals surface area contributed by atoms with Crippen molar-refractivity contribution in [3.63, 3.8) is 0 Å². The van der Waals surface area contributed by atoms with Crippen LogP contribution < -0.4 is 0 Å². The molecule has 13 heavy (non-hydrogen) atoms. The number of hydrogen-bond donors (Lipinski definition) is 2. The SMILES string of the molecule is CN1C=CC=CC1.O=C(O)C(=O)O. The van der Waals surface area contributed by atoms with E-state index in [2.05, 4.69) is 30.3 Å². The Kier molecular flexibility index (Phi) is 5.02. The summed E-state index contributed by atoms with van der Waals surface area (Å²) in [5.41, 5.74) is 0. The van der Waals surface area contributed by atoms with Crippen molar-refractivity contribution in [1.82, 2.24) is 4.90 Å². The number of carboxylic acid groups (broad SMARTS) is 2. The lowest BCUT2D eigenvalue weighted by molar-refractivity contribution is -0.159. The van der Waals surface area contributed by atoms with Crippen LogP contribution in [-0.2, 0) is 9.59 Å². The highest BCUT2D eigenvalue weighted by Crippen LogP contribution is 1.91. The van der Waals surface area contributed by atoms with Gasteiger partial charge >= 0.3 is 11.9 Å². The van der Waals surface area contributed by atoms with Crippen LogP contribution in [-0.4, -0.2) is 40.6 Å². The smallest absolute Gasteiger partial charge is 0.414 e. The first-order valence-corrected chi connectivity index (χ1v) is 3.54. The van der Waals surface area contributed by atoms with Crippen molar-refractivity contribution in [3.05, 3.63) is 24.4 Å². The maximum absolute atomic E-state index is 9.10. The first kappa shape index (κ1) is 11.2.